The lowest BCUT2D eigenvalue weighted by molar-refractivity contribution is 0.446. The van der Waals surface area contributed by atoms with Crippen LogP contribution in [0.4, 0.5) is 0 Å². The molecule has 0 aliphatic rings. The molecule has 0 amide bonds. The Morgan fingerprint density at radius 2 is 0.986 bits per heavy atom. The number of fused-ring (bicyclic) bond motifs is 1. The summed E-state index contributed by atoms with van der Waals surface area (Å²) >= 11 is 0. The van der Waals surface area contributed by atoms with Crippen LogP contribution in [-0.4, -0.2) is 19.6 Å². The number of aromatic hydroxyl groups is 1. The van der Waals surface area contributed by atoms with Crippen molar-refractivity contribution in [2.24, 2.45) is 0 Å². The highest BCUT2D eigenvalue weighted by molar-refractivity contribution is 5.98. The van der Waals surface area contributed by atoms with E-state index in [2.05, 4.69) is 260 Å². The van der Waals surface area contributed by atoms with Crippen LogP contribution in [0.15, 0.2) is 206 Å². The normalized spacial score (nSPS) is 12.1. The van der Waals surface area contributed by atoms with Gasteiger partial charge in [0.2, 0.25) is 0 Å². The van der Waals surface area contributed by atoms with Gasteiger partial charge in [0.15, 0.2) is 0 Å². The summed E-state index contributed by atoms with van der Waals surface area (Å²) in [5.41, 5.74) is 17.9. The van der Waals surface area contributed by atoms with Gasteiger partial charge in [-0.2, -0.15) is 0 Å². The number of imidazole rings is 1. The molecule has 340 valence electrons. The monoisotopic (exact) mass is 897 g/mol. The predicted molar refractivity (Wildman–Crippen MR) is 289 cm³/mol. The number of phenols is 1. The van der Waals surface area contributed by atoms with Crippen LogP contribution in [0.2, 0.25) is 0 Å². The van der Waals surface area contributed by atoms with Gasteiger partial charge in [-0.3, -0.25) is 9.55 Å². The van der Waals surface area contributed by atoms with Gasteiger partial charge in [-0.05, 0) is 109 Å². The summed E-state index contributed by atoms with van der Waals surface area (Å²) in [7, 11) is 0. The fraction of sp³-hybridized carbons (Fsp3) is 0.169. The Balaban J connectivity index is 1.18. The van der Waals surface area contributed by atoms with Crippen LogP contribution in [-0.2, 0) is 16.2 Å². The van der Waals surface area contributed by atoms with Gasteiger partial charge >= 0.3 is 0 Å². The molecule has 4 nitrogen and oxygen atoms in total. The van der Waals surface area contributed by atoms with Crippen LogP contribution in [0.3, 0.4) is 0 Å². The highest BCUT2D eigenvalue weighted by Gasteiger charge is 2.29. The molecule has 2 heterocycles. The molecule has 0 fully saturated rings. The molecular formula is C65H59N3O. The second kappa shape index (κ2) is 17.7. The zero-order valence-electron chi connectivity index (χ0n) is 40.9. The van der Waals surface area contributed by atoms with Crippen molar-refractivity contribution < 1.29 is 5.11 Å². The van der Waals surface area contributed by atoms with E-state index in [4.69, 9.17) is 9.97 Å². The molecule has 0 saturated carbocycles. The van der Waals surface area contributed by atoms with Gasteiger partial charge in [-0.1, -0.05) is 207 Å². The van der Waals surface area contributed by atoms with Crippen molar-refractivity contribution in [3.05, 3.63) is 229 Å². The van der Waals surface area contributed by atoms with Gasteiger partial charge in [-0.15, -0.1) is 0 Å². The molecule has 1 N–H and O–H groups in total. The molecule has 0 atom stereocenters. The smallest absolute Gasteiger partial charge is 0.149 e. The number of pyridine rings is 1. The van der Waals surface area contributed by atoms with Crippen molar-refractivity contribution in [3.63, 3.8) is 0 Å². The highest BCUT2D eigenvalue weighted by Crippen LogP contribution is 2.46. The molecule has 0 spiro atoms. The van der Waals surface area contributed by atoms with Gasteiger partial charge in [-0.25, -0.2) is 4.98 Å². The van der Waals surface area contributed by atoms with Crippen molar-refractivity contribution >= 4 is 11.0 Å². The quantitative estimate of drug-likeness (QED) is 0.157. The van der Waals surface area contributed by atoms with Crippen LogP contribution >= 0.6 is 0 Å². The van der Waals surface area contributed by atoms with Crippen LogP contribution in [0, 0.1) is 0 Å². The fourth-order valence-electron chi connectivity index (χ4n) is 9.69. The van der Waals surface area contributed by atoms with Crippen molar-refractivity contribution in [2.75, 3.05) is 0 Å². The Kier molecular flexibility index (Phi) is 11.5. The maximum absolute atomic E-state index is 12.5. The van der Waals surface area contributed by atoms with Gasteiger partial charge in [0.25, 0.3) is 0 Å². The number of hydrogen-bond acceptors (Lipinski definition) is 3. The number of nitrogens with zero attached hydrogens (tertiary/aromatic N) is 3. The maximum Gasteiger partial charge on any atom is 0.149 e. The van der Waals surface area contributed by atoms with E-state index in [9.17, 15) is 5.11 Å². The third-order valence-electron chi connectivity index (χ3n) is 13.8. The molecule has 69 heavy (non-hydrogen) atoms. The first-order valence-electron chi connectivity index (χ1n) is 24.0. The van der Waals surface area contributed by atoms with Crippen LogP contribution < -0.4 is 0 Å². The number of rotatable bonds is 9. The van der Waals surface area contributed by atoms with Gasteiger partial charge < -0.3 is 5.11 Å². The summed E-state index contributed by atoms with van der Waals surface area (Å²) in [4.78, 5) is 10.7. The number of benzene rings is 8. The summed E-state index contributed by atoms with van der Waals surface area (Å²) < 4.78 is 2.26. The summed E-state index contributed by atoms with van der Waals surface area (Å²) in [5.74, 6) is 0.932. The lowest BCUT2D eigenvalue weighted by Crippen LogP contribution is -2.18. The Morgan fingerprint density at radius 1 is 0.406 bits per heavy atom. The van der Waals surface area contributed by atoms with Crippen molar-refractivity contribution in [1.82, 2.24) is 14.5 Å². The first-order valence-corrected chi connectivity index (χ1v) is 24.0. The summed E-state index contributed by atoms with van der Waals surface area (Å²) in [6.07, 6.45) is 1.92. The third-order valence-corrected chi connectivity index (χ3v) is 13.8. The number of hydrogen-bond donors (Lipinski definition) is 1. The summed E-state index contributed by atoms with van der Waals surface area (Å²) in [5, 5.41) is 12.5. The van der Waals surface area contributed by atoms with Crippen molar-refractivity contribution in [2.45, 2.75) is 71.6 Å². The first kappa shape index (κ1) is 45.0. The van der Waals surface area contributed by atoms with Gasteiger partial charge in [0.05, 0.1) is 28.0 Å². The minimum Gasteiger partial charge on any atom is -0.507 e. The fourth-order valence-corrected chi connectivity index (χ4v) is 9.69. The Bertz CT molecular complexity index is 3460. The average molecular weight is 898 g/mol. The van der Waals surface area contributed by atoms with Crippen LogP contribution in [0.25, 0.3) is 83.9 Å². The highest BCUT2D eigenvalue weighted by atomic mass is 16.3. The molecule has 10 aromatic rings. The van der Waals surface area contributed by atoms with Crippen LogP contribution in [0.1, 0.15) is 77.6 Å². The molecule has 0 aliphatic heterocycles. The molecule has 0 saturated heterocycles. The SMILES string of the molecule is CC(C)(C)c1cc(-c2nc3c(-c4cc(-c5ccccc5)cc(-c5cc(-c6ccc(C(C)(C)c7ccccc7)cc6)ccn5)c4)cccc3n2-c2ccccc2-c2ccccc2)c(O)c(C(C)(C)C)c1. The van der Waals surface area contributed by atoms with E-state index < -0.39 is 0 Å². The molecule has 8 aromatic carbocycles. The number of phenolic OH excluding ortho intramolecular Hbond substituents is 1. The Labute approximate surface area is 407 Å². The van der Waals surface area contributed by atoms with E-state index in [1.807, 2.05) is 6.20 Å². The molecule has 10 rings (SSSR count). The van der Waals surface area contributed by atoms with Crippen molar-refractivity contribution in [1.29, 1.82) is 0 Å². The predicted octanol–water partition coefficient (Wildman–Crippen LogP) is 17.0. The number of para-hydroxylation sites is 2. The lowest BCUT2D eigenvalue weighted by Gasteiger charge is -2.27. The van der Waals surface area contributed by atoms with E-state index in [0.717, 1.165) is 83.6 Å². The molecule has 4 heteroatoms. The Hall–Kier alpha value is -7.82. The largest absolute Gasteiger partial charge is 0.507 e. The van der Waals surface area contributed by atoms with E-state index in [0.29, 0.717) is 11.4 Å². The van der Waals surface area contributed by atoms with Crippen LogP contribution in [0.5, 0.6) is 5.75 Å². The second-order valence-corrected chi connectivity index (χ2v) is 20.9. The van der Waals surface area contributed by atoms with E-state index in [1.54, 1.807) is 0 Å². The topological polar surface area (TPSA) is 50.9 Å². The lowest BCUT2D eigenvalue weighted by atomic mass is 9.78. The van der Waals surface area contributed by atoms with E-state index in [1.165, 1.54) is 11.1 Å². The van der Waals surface area contributed by atoms with Crippen molar-refractivity contribution in [3.8, 4) is 78.6 Å². The zero-order valence-corrected chi connectivity index (χ0v) is 40.9. The van der Waals surface area contributed by atoms with E-state index in [-0.39, 0.29) is 22.0 Å². The Morgan fingerprint density at radius 3 is 1.67 bits per heavy atom. The molecule has 2 aromatic heterocycles. The standard InChI is InChI=1S/C65H59N3O/c1-63(2,3)52-41-55(61(69)56(42-52)64(4,5)6)62-67-60-54(28-20-30-59(60)68(62)58-29-19-18-27-53(58)45-23-14-10-15-24-45)48-37-47(43-21-12-9-13-22-43)38-49(39-48)57-40-46(35-36-66-57)44-31-33-51(34-32-44)65(7,8)50-25-16-11-17-26-50/h9-42,69H,1-8H3. The second-order valence-electron chi connectivity index (χ2n) is 20.9. The molecule has 0 unspecified atom stereocenters. The summed E-state index contributed by atoms with van der Waals surface area (Å²) in [6, 6.07) is 71.1. The minimum atomic E-state index is -0.327. The maximum atomic E-state index is 12.5. The third kappa shape index (κ3) is 8.68. The zero-order chi connectivity index (χ0) is 48.1. The van der Waals surface area contributed by atoms with Gasteiger partial charge in [0.1, 0.15) is 11.6 Å². The molecular weight excluding hydrogens is 839 g/mol. The van der Waals surface area contributed by atoms with E-state index >= 15 is 0 Å². The molecule has 0 aliphatic carbocycles. The molecule has 0 radical (unpaired) electrons. The number of aromatic nitrogens is 3. The average Bonchev–Trinajstić information content (AvgIpc) is 3.76. The minimum absolute atomic E-state index is 0.131. The van der Waals surface area contributed by atoms with Gasteiger partial charge in [0, 0.05) is 33.9 Å². The summed E-state index contributed by atoms with van der Waals surface area (Å²) in [6.45, 7) is 17.7. The molecule has 0 bridgehead atoms. The first-order chi connectivity index (χ1) is 33.1.